The summed E-state index contributed by atoms with van der Waals surface area (Å²) >= 11 is 0. The predicted octanol–water partition coefficient (Wildman–Crippen LogP) is 2.01. The van der Waals surface area contributed by atoms with Gasteiger partial charge < -0.3 is 10.6 Å². The van der Waals surface area contributed by atoms with E-state index in [0.29, 0.717) is 0 Å². The van der Waals surface area contributed by atoms with Gasteiger partial charge in [-0.15, -0.1) is 6.58 Å². The molecular weight excluding hydrogens is 160 g/mol. The lowest BCUT2D eigenvalue weighted by atomic mass is 10.1. The van der Waals surface area contributed by atoms with Crippen molar-refractivity contribution in [2.24, 2.45) is 5.73 Å². The number of hydrogen-bond donors (Lipinski definition) is 1. The zero-order valence-corrected chi connectivity index (χ0v) is 9.34. The van der Waals surface area contributed by atoms with Crippen LogP contribution in [-0.2, 0) is 0 Å². The van der Waals surface area contributed by atoms with Crippen LogP contribution in [0.3, 0.4) is 0 Å². The summed E-state index contributed by atoms with van der Waals surface area (Å²) in [5, 5.41) is 0. The first kappa shape index (κ1) is 12.7. The lowest BCUT2D eigenvalue weighted by molar-refractivity contribution is 0.290. The van der Waals surface area contributed by atoms with Gasteiger partial charge in [-0.1, -0.05) is 19.4 Å². The first-order chi connectivity index (χ1) is 6.10. The molecule has 2 nitrogen and oxygen atoms in total. The molecule has 0 rings (SSSR count). The second-order valence-electron chi connectivity index (χ2n) is 3.74. The van der Waals surface area contributed by atoms with E-state index in [-0.39, 0.29) is 6.04 Å². The maximum atomic E-state index is 5.94. The van der Waals surface area contributed by atoms with Crippen molar-refractivity contribution < 1.29 is 0 Å². The molecule has 1 unspecified atom stereocenters. The molecule has 13 heavy (non-hydrogen) atoms. The fourth-order valence-corrected chi connectivity index (χ4v) is 1.44. The minimum atomic E-state index is 0.290. The van der Waals surface area contributed by atoms with E-state index in [9.17, 15) is 0 Å². The maximum absolute atomic E-state index is 5.94. The van der Waals surface area contributed by atoms with Crippen LogP contribution in [0.1, 0.15) is 33.6 Å². The average molecular weight is 184 g/mol. The van der Waals surface area contributed by atoms with Crippen LogP contribution >= 0.6 is 0 Å². The standard InChI is InChI=1S/C11H24N2/c1-5-13(6-2)8-7-11(12)9-10(3)4/h11H,3,5-9,12H2,1-2,4H3. The van der Waals surface area contributed by atoms with Crippen molar-refractivity contribution >= 4 is 0 Å². The molecule has 0 aromatic rings. The van der Waals surface area contributed by atoms with Gasteiger partial charge in [0.1, 0.15) is 0 Å². The number of nitrogens with two attached hydrogens (primary N) is 1. The largest absolute Gasteiger partial charge is 0.327 e. The molecule has 2 heteroatoms. The summed E-state index contributed by atoms with van der Waals surface area (Å²) < 4.78 is 0. The summed E-state index contributed by atoms with van der Waals surface area (Å²) in [6, 6.07) is 0.290. The third-order valence-corrected chi connectivity index (χ3v) is 2.32. The fourth-order valence-electron chi connectivity index (χ4n) is 1.44. The Balaban J connectivity index is 3.55. The van der Waals surface area contributed by atoms with Crippen LogP contribution in [0, 0.1) is 0 Å². The molecule has 0 saturated heterocycles. The molecular formula is C11H24N2. The highest BCUT2D eigenvalue weighted by Gasteiger charge is 2.05. The summed E-state index contributed by atoms with van der Waals surface area (Å²) in [5.74, 6) is 0. The minimum Gasteiger partial charge on any atom is -0.327 e. The number of nitrogens with zero attached hydrogens (tertiary/aromatic N) is 1. The highest BCUT2D eigenvalue weighted by atomic mass is 15.1. The molecule has 1 atom stereocenters. The molecule has 0 spiro atoms. The number of hydrogen-bond acceptors (Lipinski definition) is 2. The Kier molecular flexibility index (Phi) is 6.92. The second kappa shape index (κ2) is 7.10. The Morgan fingerprint density at radius 1 is 1.38 bits per heavy atom. The molecule has 78 valence electrons. The average Bonchev–Trinajstić information content (AvgIpc) is 2.05. The first-order valence-corrected chi connectivity index (χ1v) is 5.22. The van der Waals surface area contributed by atoms with E-state index in [4.69, 9.17) is 5.73 Å². The summed E-state index contributed by atoms with van der Waals surface area (Å²) in [6.07, 6.45) is 2.04. The topological polar surface area (TPSA) is 29.3 Å². The lowest BCUT2D eigenvalue weighted by Crippen LogP contribution is -2.30. The first-order valence-electron chi connectivity index (χ1n) is 5.22. The Hall–Kier alpha value is -0.340. The summed E-state index contributed by atoms with van der Waals surface area (Å²) in [5.41, 5.74) is 7.13. The van der Waals surface area contributed by atoms with Crippen LogP contribution in [-0.4, -0.2) is 30.6 Å². The van der Waals surface area contributed by atoms with Gasteiger partial charge in [0.05, 0.1) is 0 Å². The van der Waals surface area contributed by atoms with E-state index < -0.39 is 0 Å². The highest BCUT2D eigenvalue weighted by Crippen LogP contribution is 2.04. The molecule has 0 aromatic carbocycles. The SMILES string of the molecule is C=C(C)CC(N)CCN(CC)CC. The second-order valence-corrected chi connectivity index (χ2v) is 3.74. The summed E-state index contributed by atoms with van der Waals surface area (Å²) in [4.78, 5) is 2.40. The van der Waals surface area contributed by atoms with Gasteiger partial charge in [0, 0.05) is 6.04 Å². The van der Waals surface area contributed by atoms with Crippen molar-refractivity contribution in [1.29, 1.82) is 0 Å². The van der Waals surface area contributed by atoms with E-state index >= 15 is 0 Å². The van der Waals surface area contributed by atoms with E-state index in [0.717, 1.165) is 32.5 Å². The molecule has 0 aromatic heterocycles. The molecule has 0 bridgehead atoms. The Bertz CT molecular complexity index is 139. The monoisotopic (exact) mass is 184 g/mol. The van der Waals surface area contributed by atoms with Crippen molar-refractivity contribution in [3.63, 3.8) is 0 Å². The van der Waals surface area contributed by atoms with Crippen LogP contribution < -0.4 is 5.73 Å². The fraction of sp³-hybridized carbons (Fsp3) is 0.818. The number of rotatable bonds is 7. The molecule has 2 N–H and O–H groups in total. The Morgan fingerprint density at radius 3 is 2.31 bits per heavy atom. The van der Waals surface area contributed by atoms with Crippen LogP contribution in [0.25, 0.3) is 0 Å². The Morgan fingerprint density at radius 2 is 1.92 bits per heavy atom. The van der Waals surface area contributed by atoms with Gasteiger partial charge in [0.25, 0.3) is 0 Å². The highest BCUT2D eigenvalue weighted by molar-refractivity contribution is 4.91. The van der Waals surface area contributed by atoms with Crippen LogP contribution in [0.4, 0.5) is 0 Å². The molecule has 0 aliphatic rings. The summed E-state index contributed by atoms with van der Waals surface area (Å²) in [6.45, 7) is 13.6. The third kappa shape index (κ3) is 6.79. The van der Waals surface area contributed by atoms with Crippen LogP contribution in [0.5, 0.6) is 0 Å². The van der Waals surface area contributed by atoms with Crippen molar-refractivity contribution in [2.45, 2.75) is 39.7 Å². The zero-order chi connectivity index (χ0) is 10.3. The predicted molar refractivity (Wildman–Crippen MR) is 59.8 cm³/mol. The normalized spacial score (nSPS) is 13.3. The van der Waals surface area contributed by atoms with Crippen molar-refractivity contribution in [2.75, 3.05) is 19.6 Å². The van der Waals surface area contributed by atoms with Gasteiger partial charge in [-0.3, -0.25) is 0 Å². The van der Waals surface area contributed by atoms with Crippen LogP contribution in [0.2, 0.25) is 0 Å². The molecule has 0 aliphatic carbocycles. The smallest absolute Gasteiger partial charge is 0.00880 e. The molecule has 0 fully saturated rings. The van der Waals surface area contributed by atoms with E-state index in [1.54, 1.807) is 0 Å². The van der Waals surface area contributed by atoms with Gasteiger partial charge in [-0.25, -0.2) is 0 Å². The van der Waals surface area contributed by atoms with Crippen LogP contribution in [0.15, 0.2) is 12.2 Å². The van der Waals surface area contributed by atoms with Gasteiger partial charge >= 0.3 is 0 Å². The van der Waals surface area contributed by atoms with E-state index in [2.05, 4.69) is 25.3 Å². The van der Waals surface area contributed by atoms with Gasteiger partial charge in [0.2, 0.25) is 0 Å². The van der Waals surface area contributed by atoms with Gasteiger partial charge in [0.15, 0.2) is 0 Å². The van der Waals surface area contributed by atoms with Gasteiger partial charge in [-0.05, 0) is 39.4 Å². The Labute approximate surface area is 82.8 Å². The molecule has 0 aliphatic heterocycles. The van der Waals surface area contributed by atoms with Crippen molar-refractivity contribution in [1.82, 2.24) is 4.90 Å². The molecule has 0 radical (unpaired) electrons. The van der Waals surface area contributed by atoms with Gasteiger partial charge in [-0.2, -0.15) is 0 Å². The molecule has 0 heterocycles. The maximum Gasteiger partial charge on any atom is 0.00880 e. The quantitative estimate of drug-likeness (QED) is 0.613. The minimum absolute atomic E-state index is 0.290. The lowest BCUT2D eigenvalue weighted by Gasteiger charge is -2.20. The van der Waals surface area contributed by atoms with E-state index in [1.165, 1.54) is 5.57 Å². The molecule has 0 saturated carbocycles. The molecule has 0 amide bonds. The third-order valence-electron chi connectivity index (χ3n) is 2.32. The summed E-state index contributed by atoms with van der Waals surface area (Å²) in [7, 11) is 0. The zero-order valence-electron chi connectivity index (χ0n) is 9.34. The van der Waals surface area contributed by atoms with Crippen molar-refractivity contribution in [3.8, 4) is 0 Å². The van der Waals surface area contributed by atoms with Crippen molar-refractivity contribution in [3.05, 3.63) is 12.2 Å². The van der Waals surface area contributed by atoms with E-state index in [1.807, 2.05) is 6.92 Å².